The van der Waals surface area contributed by atoms with Gasteiger partial charge in [-0.05, 0) is 40.5 Å². The largest absolute Gasteiger partial charge is 0.497 e. The van der Waals surface area contributed by atoms with Crippen LogP contribution in [0.4, 0.5) is 0 Å². The predicted octanol–water partition coefficient (Wildman–Crippen LogP) is 3.25. The summed E-state index contributed by atoms with van der Waals surface area (Å²) in [7, 11) is 1.61. The number of fused-ring (bicyclic) bond motifs is 2. The molecular formula is C23H23NO4. The summed E-state index contributed by atoms with van der Waals surface area (Å²) >= 11 is 0. The number of benzene rings is 3. The van der Waals surface area contributed by atoms with Crippen molar-refractivity contribution in [1.29, 1.82) is 0 Å². The van der Waals surface area contributed by atoms with Crippen molar-refractivity contribution in [1.82, 2.24) is 5.32 Å². The minimum absolute atomic E-state index is 0.110. The van der Waals surface area contributed by atoms with E-state index in [9.17, 15) is 9.90 Å². The van der Waals surface area contributed by atoms with Crippen molar-refractivity contribution in [2.45, 2.75) is 12.5 Å². The Kier molecular flexibility index (Phi) is 5.17. The monoisotopic (exact) mass is 377 g/mol. The van der Waals surface area contributed by atoms with Gasteiger partial charge in [-0.2, -0.15) is 0 Å². The molecule has 1 heterocycles. The highest BCUT2D eigenvalue weighted by Gasteiger charge is 2.26. The SMILES string of the molecule is COc1ccc2c(c1)OCC(C(=O)NCC(O)c1ccc3ccccc3c1)C2. The molecule has 0 aromatic heterocycles. The second-order valence-electron chi connectivity index (χ2n) is 7.05. The van der Waals surface area contributed by atoms with E-state index in [1.54, 1.807) is 7.11 Å². The lowest BCUT2D eigenvalue weighted by molar-refractivity contribution is -0.126. The zero-order valence-corrected chi connectivity index (χ0v) is 15.7. The van der Waals surface area contributed by atoms with Gasteiger partial charge < -0.3 is 19.9 Å². The molecule has 0 spiro atoms. The summed E-state index contributed by atoms with van der Waals surface area (Å²) in [4.78, 5) is 12.6. The van der Waals surface area contributed by atoms with Gasteiger partial charge in [0.1, 0.15) is 18.1 Å². The second kappa shape index (κ2) is 7.90. The normalized spacial score (nSPS) is 16.7. The van der Waals surface area contributed by atoms with Crippen LogP contribution in [0.1, 0.15) is 17.2 Å². The van der Waals surface area contributed by atoms with Crippen LogP contribution in [0.5, 0.6) is 11.5 Å². The fourth-order valence-corrected chi connectivity index (χ4v) is 3.52. The zero-order chi connectivity index (χ0) is 19.5. The Labute approximate surface area is 163 Å². The number of ether oxygens (including phenoxy) is 2. The number of nitrogens with one attached hydrogen (secondary N) is 1. The van der Waals surface area contributed by atoms with E-state index in [-0.39, 0.29) is 18.4 Å². The standard InChI is InChI=1S/C23H23NO4/c1-27-20-9-8-18-11-19(14-28-22(18)12-20)23(26)24-13-21(25)17-7-6-15-4-2-3-5-16(15)10-17/h2-10,12,19,21,25H,11,13-14H2,1H3,(H,24,26). The number of hydrogen-bond acceptors (Lipinski definition) is 4. The molecule has 2 atom stereocenters. The summed E-state index contributed by atoms with van der Waals surface area (Å²) in [6.07, 6.45) is -0.147. The molecule has 4 rings (SSSR count). The first-order valence-electron chi connectivity index (χ1n) is 9.38. The van der Waals surface area contributed by atoms with E-state index in [1.807, 2.05) is 60.7 Å². The summed E-state index contributed by atoms with van der Waals surface area (Å²) in [5, 5.41) is 15.5. The van der Waals surface area contributed by atoms with Crippen LogP contribution in [0.25, 0.3) is 10.8 Å². The highest BCUT2D eigenvalue weighted by molar-refractivity contribution is 5.83. The Hall–Kier alpha value is -3.05. The summed E-state index contributed by atoms with van der Waals surface area (Å²) in [5.74, 6) is 1.12. The Morgan fingerprint density at radius 2 is 2.00 bits per heavy atom. The van der Waals surface area contributed by atoms with Crippen LogP contribution in [-0.2, 0) is 11.2 Å². The fraction of sp³-hybridized carbons (Fsp3) is 0.261. The smallest absolute Gasteiger partial charge is 0.226 e. The molecule has 3 aromatic carbocycles. The van der Waals surface area contributed by atoms with Gasteiger partial charge in [0.2, 0.25) is 5.91 Å². The Morgan fingerprint density at radius 3 is 2.82 bits per heavy atom. The number of aliphatic hydroxyl groups is 1. The average molecular weight is 377 g/mol. The minimum Gasteiger partial charge on any atom is -0.497 e. The summed E-state index contributed by atoms with van der Waals surface area (Å²) in [6.45, 7) is 0.487. The van der Waals surface area contributed by atoms with Crippen LogP contribution in [0.3, 0.4) is 0 Å². The van der Waals surface area contributed by atoms with E-state index in [2.05, 4.69) is 5.32 Å². The Balaban J connectivity index is 1.37. The van der Waals surface area contributed by atoms with Crippen LogP contribution in [-0.4, -0.2) is 31.3 Å². The number of carbonyl (C=O) groups excluding carboxylic acids is 1. The van der Waals surface area contributed by atoms with Crippen molar-refractivity contribution in [3.05, 3.63) is 71.8 Å². The number of hydrogen-bond donors (Lipinski definition) is 2. The first kappa shape index (κ1) is 18.3. The topological polar surface area (TPSA) is 67.8 Å². The van der Waals surface area contributed by atoms with Crippen LogP contribution in [0.2, 0.25) is 0 Å². The van der Waals surface area contributed by atoms with Crippen molar-refractivity contribution < 1.29 is 19.4 Å². The molecule has 144 valence electrons. The summed E-state index contributed by atoms with van der Waals surface area (Å²) in [5.41, 5.74) is 1.78. The van der Waals surface area contributed by atoms with Crippen molar-refractivity contribution in [3.8, 4) is 11.5 Å². The maximum atomic E-state index is 12.6. The molecule has 5 heteroatoms. The molecule has 0 saturated carbocycles. The minimum atomic E-state index is -0.755. The third kappa shape index (κ3) is 3.80. The maximum absolute atomic E-state index is 12.6. The molecular weight excluding hydrogens is 354 g/mol. The third-order valence-electron chi connectivity index (χ3n) is 5.18. The molecule has 0 fully saturated rings. The van der Waals surface area contributed by atoms with Crippen molar-refractivity contribution in [2.24, 2.45) is 5.92 Å². The van der Waals surface area contributed by atoms with Crippen LogP contribution in [0, 0.1) is 5.92 Å². The average Bonchev–Trinajstić information content (AvgIpc) is 2.76. The predicted molar refractivity (Wildman–Crippen MR) is 108 cm³/mol. The van der Waals surface area contributed by atoms with Gasteiger partial charge in [0.25, 0.3) is 0 Å². The summed E-state index contributed by atoms with van der Waals surface area (Å²) in [6, 6.07) is 19.5. The quantitative estimate of drug-likeness (QED) is 0.716. The molecule has 2 N–H and O–H groups in total. The molecule has 2 unspecified atom stereocenters. The van der Waals surface area contributed by atoms with Crippen LogP contribution in [0.15, 0.2) is 60.7 Å². The van der Waals surface area contributed by atoms with Gasteiger partial charge >= 0.3 is 0 Å². The molecule has 5 nitrogen and oxygen atoms in total. The fourth-order valence-electron chi connectivity index (χ4n) is 3.52. The summed E-state index contributed by atoms with van der Waals surface area (Å²) < 4.78 is 10.9. The first-order valence-corrected chi connectivity index (χ1v) is 9.38. The van der Waals surface area contributed by atoms with Gasteiger partial charge in [-0.25, -0.2) is 0 Å². The molecule has 28 heavy (non-hydrogen) atoms. The Bertz CT molecular complexity index is 1000. The number of amides is 1. The van der Waals surface area contributed by atoms with Gasteiger partial charge in [-0.1, -0.05) is 42.5 Å². The van der Waals surface area contributed by atoms with Gasteiger partial charge in [0, 0.05) is 12.6 Å². The number of aliphatic hydroxyl groups excluding tert-OH is 1. The van der Waals surface area contributed by atoms with Crippen molar-refractivity contribution in [3.63, 3.8) is 0 Å². The molecule has 3 aromatic rings. The zero-order valence-electron chi connectivity index (χ0n) is 15.7. The first-order chi connectivity index (χ1) is 13.6. The van der Waals surface area contributed by atoms with Gasteiger partial charge in [0.05, 0.1) is 19.1 Å². The molecule has 1 aliphatic heterocycles. The van der Waals surface area contributed by atoms with E-state index in [1.165, 1.54) is 0 Å². The highest BCUT2D eigenvalue weighted by Crippen LogP contribution is 2.31. The Morgan fingerprint density at radius 1 is 1.18 bits per heavy atom. The van der Waals surface area contributed by atoms with Crippen molar-refractivity contribution >= 4 is 16.7 Å². The molecule has 0 saturated heterocycles. The van der Waals surface area contributed by atoms with E-state index in [0.29, 0.717) is 13.0 Å². The second-order valence-corrected chi connectivity index (χ2v) is 7.05. The molecule has 0 bridgehead atoms. The number of carbonyl (C=O) groups is 1. The number of methoxy groups -OCH3 is 1. The lowest BCUT2D eigenvalue weighted by atomic mass is 9.95. The van der Waals surface area contributed by atoms with Gasteiger partial charge in [-0.15, -0.1) is 0 Å². The van der Waals surface area contributed by atoms with Gasteiger partial charge in [-0.3, -0.25) is 4.79 Å². The van der Waals surface area contributed by atoms with E-state index >= 15 is 0 Å². The molecule has 0 aliphatic carbocycles. The molecule has 0 radical (unpaired) electrons. The third-order valence-corrected chi connectivity index (χ3v) is 5.18. The lowest BCUT2D eigenvalue weighted by Crippen LogP contribution is -2.39. The van der Waals surface area contributed by atoms with E-state index in [4.69, 9.17) is 9.47 Å². The number of rotatable bonds is 5. The maximum Gasteiger partial charge on any atom is 0.226 e. The van der Waals surface area contributed by atoms with Crippen LogP contribution < -0.4 is 14.8 Å². The lowest BCUT2D eigenvalue weighted by Gasteiger charge is -2.25. The molecule has 1 aliphatic rings. The van der Waals surface area contributed by atoms with E-state index in [0.717, 1.165) is 33.4 Å². The van der Waals surface area contributed by atoms with Gasteiger partial charge in [0.15, 0.2) is 0 Å². The molecule has 1 amide bonds. The van der Waals surface area contributed by atoms with Crippen LogP contribution >= 0.6 is 0 Å². The highest BCUT2D eigenvalue weighted by atomic mass is 16.5. The van der Waals surface area contributed by atoms with E-state index < -0.39 is 6.10 Å². The van der Waals surface area contributed by atoms with Crippen molar-refractivity contribution in [2.75, 3.05) is 20.3 Å².